The topological polar surface area (TPSA) is 46.9 Å². The number of halogens is 3. The maximum atomic E-state index is 14.3. The molecular formula is C22H22Cl2FN3O. The second kappa shape index (κ2) is 8.33. The van der Waals surface area contributed by atoms with Crippen LogP contribution in [0.2, 0.25) is 10.0 Å². The first-order valence-corrected chi connectivity index (χ1v) is 10.6. The van der Waals surface area contributed by atoms with Crippen LogP contribution >= 0.6 is 23.2 Å². The van der Waals surface area contributed by atoms with Crippen LogP contribution < -0.4 is 5.32 Å². The second-order valence-electron chi connectivity index (χ2n) is 7.51. The summed E-state index contributed by atoms with van der Waals surface area (Å²) in [6, 6.07) is 9.87. The number of nitrogens with zero attached hydrogens (tertiary/aromatic N) is 2. The number of fused-ring (bicyclic) bond motifs is 1. The average molecular weight is 434 g/mol. The van der Waals surface area contributed by atoms with E-state index < -0.39 is 6.04 Å². The maximum absolute atomic E-state index is 14.3. The van der Waals surface area contributed by atoms with E-state index in [4.69, 9.17) is 28.2 Å². The number of nitrogens with one attached hydrogen (secondary N) is 1. The second-order valence-corrected chi connectivity index (χ2v) is 8.32. The van der Waals surface area contributed by atoms with Crippen LogP contribution in [0.5, 0.6) is 0 Å². The molecule has 1 aromatic heterocycles. The number of aromatic nitrogens is 2. The zero-order valence-electron chi connectivity index (χ0n) is 16.1. The highest BCUT2D eigenvalue weighted by Gasteiger charge is 2.30. The predicted molar refractivity (Wildman–Crippen MR) is 114 cm³/mol. The number of hydrogen-bond acceptors (Lipinski definition) is 2. The highest BCUT2D eigenvalue weighted by atomic mass is 35.5. The smallest absolute Gasteiger partial charge is 0.243 e. The van der Waals surface area contributed by atoms with Gasteiger partial charge in [0.25, 0.3) is 0 Å². The summed E-state index contributed by atoms with van der Waals surface area (Å²) in [6.45, 7) is 2.04. The van der Waals surface area contributed by atoms with E-state index in [0.29, 0.717) is 33.4 Å². The minimum Gasteiger partial charge on any atom is -0.352 e. The number of hydrogen-bond donors (Lipinski definition) is 1. The summed E-state index contributed by atoms with van der Waals surface area (Å²) in [7, 11) is 0. The zero-order chi connectivity index (χ0) is 20.5. The molecule has 1 heterocycles. The van der Waals surface area contributed by atoms with Gasteiger partial charge in [-0.1, -0.05) is 54.7 Å². The number of amides is 1. The molecule has 7 heteroatoms. The zero-order valence-corrected chi connectivity index (χ0v) is 17.6. The molecule has 4 nitrogen and oxygen atoms in total. The number of carbonyl (C=O) groups excluding carboxylic acids is 1. The SMILES string of the molecule is CCC[C@@H](C(=O)NC1CC1)n1c(Cc2ccccc2F)nc2cc(Cl)c(Cl)cc21. The van der Waals surface area contributed by atoms with Crippen molar-refractivity contribution in [2.45, 2.75) is 51.1 Å². The van der Waals surface area contributed by atoms with Crippen LogP contribution in [-0.4, -0.2) is 21.5 Å². The number of benzene rings is 2. The molecule has 1 aliphatic rings. The molecular weight excluding hydrogens is 412 g/mol. The third kappa shape index (κ3) is 4.26. The van der Waals surface area contributed by atoms with Gasteiger partial charge in [-0.2, -0.15) is 0 Å². The van der Waals surface area contributed by atoms with Gasteiger partial charge in [0.1, 0.15) is 17.7 Å². The minimum absolute atomic E-state index is 0.0329. The third-order valence-electron chi connectivity index (χ3n) is 5.21. The van der Waals surface area contributed by atoms with Crippen molar-refractivity contribution in [3.8, 4) is 0 Å². The number of carbonyl (C=O) groups is 1. The summed E-state index contributed by atoms with van der Waals surface area (Å²) in [6.07, 6.45) is 3.77. The molecule has 1 atom stereocenters. The minimum atomic E-state index is -0.440. The predicted octanol–water partition coefficient (Wildman–Crippen LogP) is 5.69. The highest BCUT2D eigenvalue weighted by Crippen LogP contribution is 2.33. The summed E-state index contributed by atoms with van der Waals surface area (Å²) in [4.78, 5) is 17.8. The molecule has 2 aromatic carbocycles. The Morgan fingerprint density at radius 2 is 2.00 bits per heavy atom. The Kier molecular flexibility index (Phi) is 5.79. The quantitative estimate of drug-likeness (QED) is 0.519. The lowest BCUT2D eigenvalue weighted by Gasteiger charge is -2.21. The summed E-state index contributed by atoms with van der Waals surface area (Å²) < 4.78 is 16.2. The normalized spacial score (nSPS) is 14.9. The van der Waals surface area contributed by atoms with Crippen molar-refractivity contribution in [3.05, 3.63) is 63.6 Å². The molecule has 1 amide bonds. The van der Waals surface area contributed by atoms with Crippen LogP contribution in [0.15, 0.2) is 36.4 Å². The van der Waals surface area contributed by atoms with Gasteiger partial charge in [-0.3, -0.25) is 4.79 Å². The van der Waals surface area contributed by atoms with Gasteiger partial charge in [0, 0.05) is 12.5 Å². The van der Waals surface area contributed by atoms with Gasteiger partial charge < -0.3 is 9.88 Å². The lowest BCUT2D eigenvalue weighted by Crippen LogP contribution is -2.34. The molecule has 4 rings (SSSR count). The van der Waals surface area contributed by atoms with Crippen molar-refractivity contribution >= 4 is 40.1 Å². The molecule has 29 heavy (non-hydrogen) atoms. The summed E-state index contributed by atoms with van der Waals surface area (Å²) in [5, 5.41) is 3.90. The molecule has 0 unspecified atom stereocenters. The first-order valence-electron chi connectivity index (χ1n) is 9.87. The monoisotopic (exact) mass is 433 g/mol. The average Bonchev–Trinajstić information content (AvgIpc) is 3.44. The van der Waals surface area contributed by atoms with Crippen molar-refractivity contribution < 1.29 is 9.18 Å². The Balaban J connectivity index is 1.84. The van der Waals surface area contributed by atoms with E-state index in [1.165, 1.54) is 6.07 Å². The fraction of sp³-hybridized carbons (Fsp3) is 0.364. The van der Waals surface area contributed by atoms with Crippen LogP contribution in [0, 0.1) is 5.82 Å². The van der Waals surface area contributed by atoms with E-state index in [9.17, 15) is 9.18 Å². The van der Waals surface area contributed by atoms with Gasteiger partial charge in [0.15, 0.2) is 0 Å². The Bertz CT molecular complexity index is 1060. The van der Waals surface area contributed by atoms with Crippen LogP contribution in [0.3, 0.4) is 0 Å². The van der Waals surface area contributed by atoms with Crippen LogP contribution in [0.25, 0.3) is 11.0 Å². The fourth-order valence-electron chi connectivity index (χ4n) is 3.60. The first-order chi connectivity index (χ1) is 14.0. The maximum Gasteiger partial charge on any atom is 0.243 e. The van der Waals surface area contributed by atoms with E-state index in [2.05, 4.69) is 5.32 Å². The Hall–Kier alpha value is -2.11. The first kappa shape index (κ1) is 20.2. The number of rotatable bonds is 7. The Morgan fingerprint density at radius 1 is 1.28 bits per heavy atom. The van der Waals surface area contributed by atoms with Crippen molar-refractivity contribution in [3.63, 3.8) is 0 Å². The Labute approximate surface area is 179 Å². The molecule has 1 saturated carbocycles. The lowest BCUT2D eigenvalue weighted by molar-refractivity contribution is -0.124. The van der Waals surface area contributed by atoms with E-state index in [0.717, 1.165) is 24.8 Å². The lowest BCUT2D eigenvalue weighted by atomic mass is 10.1. The van der Waals surface area contributed by atoms with Crippen LogP contribution in [0.4, 0.5) is 4.39 Å². The van der Waals surface area contributed by atoms with Crippen molar-refractivity contribution in [2.75, 3.05) is 0 Å². The molecule has 3 aromatic rings. The van der Waals surface area contributed by atoms with Gasteiger partial charge in [0.2, 0.25) is 5.91 Å². The summed E-state index contributed by atoms with van der Waals surface area (Å²) in [5.41, 5.74) is 1.90. The van der Waals surface area contributed by atoms with Gasteiger partial charge in [-0.05, 0) is 43.0 Å². The Morgan fingerprint density at radius 3 is 2.69 bits per heavy atom. The molecule has 1 aliphatic carbocycles. The third-order valence-corrected chi connectivity index (χ3v) is 5.93. The molecule has 0 spiro atoms. The standard InChI is InChI=1S/C22H22Cl2FN3O/c1-2-5-19(22(29)26-14-8-9-14)28-20-12-16(24)15(23)11-18(20)27-21(28)10-13-6-3-4-7-17(13)25/h3-4,6-7,11-12,14,19H,2,5,8-10H2,1H3,(H,26,29)/t19-/m0/s1. The summed E-state index contributed by atoms with van der Waals surface area (Å²) in [5.74, 6) is 0.291. The highest BCUT2D eigenvalue weighted by molar-refractivity contribution is 6.42. The van der Waals surface area contributed by atoms with Crippen molar-refractivity contribution in [1.29, 1.82) is 0 Å². The van der Waals surface area contributed by atoms with Crippen LogP contribution in [-0.2, 0) is 11.2 Å². The molecule has 0 aliphatic heterocycles. The van der Waals surface area contributed by atoms with Gasteiger partial charge in [0.05, 0.1) is 21.1 Å². The van der Waals surface area contributed by atoms with Crippen molar-refractivity contribution in [2.24, 2.45) is 0 Å². The fourth-order valence-corrected chi connectivity index (χ4v) is 3.92. The van der Waals surface area contributed by atoms with E-state index in [1.54, 1.807) is 30.3 Å². The van der Waals surface area contributed by atoms with E-state index >= 15 is 0 Å². The molecule has 0 bridgehead atoms. The molecule has 0 saturated heterocycles. The van der Waals surface area contributed by atoms with Gasteiger partial charge in [-0.15, -0.1) is 0 Å². The van der Waals surface area contributed by atoms with Gasteiger partial charge >= 0.3 is 0 Å². The largest absolute Gasteiger partial charge is 0.352 e. The molecule has 0 radical (unpaired) electrons. The molecule has 1 N–H and O–H groups in total. The van der Waals surface area contributed by atoms with Gasteiger partial charge in [-0.25, -0.2) is 9.37 Å². The molecule has 1 fully saturated rings. The van der Waals surface area contributed by atoms with Crippen LogP contribution in [0.1, 0.15) is 50.0 Å². The number of imidazole rings is 1. The molecule has 152 valence electrons. The van der Waals surface area contributed by atoms with E-state index in [1.807, 2.05) is 11.5 Å². The summed E-state index contributed by atoms with van der Waals surface area (Å²) >= 11 is 12.5. The van der Waals surface area contributed by atoms with E-state index in [-0.39, 0.29) is 24.2 Å². The van der Waals surface area contributed by atoms with Crippen molar-refractivity contribution in [1.82, 2.24) is 14.9 Å².